The number of halogens is 4. The Morgan fingerprint density at radius 3 is 2.14 bits per heavy atom. The van der Waals surface area contributed by atoms with Crippen molar-refractivity contribution in [2.45, 2.75) is 18.8 Å². The molecule has 0 saturated carbocycles. The van der Waals surface area contributed by atoms with Gasteiger partial charge >= 0.3 is 12.1 Å². The van der Waals surface area contributed by atoms with E-state index in [1.54, 1.807) is 12.4 Å². The van der Waals surface area contributed by atoms with Gasteiger partial charge in [0.2, 0.25) is 5.91 Å². The summed E-state index contributed by atoms with van der Waals surface area (Å²) >= 11 is 6.00. The minimum atomic E-state index is -4.45. The molecule has 0 N–H and O–H groups in total. The van der Waals surface area contributed by atoms with Crippen molar-refractivity contribution < 1.29 is 27.5 Å². The molecule has 1 heterocycles. The smallest absolute Gasteiger partial charge is 0.416 e. The number of benzene rings is 2. The van der Waals surface area contributed by atoms with Gasteiger partial charge in [-0.25, -0.2) is 4.79 Å². The molecule has 2 aromatic carbocycles. The Balaban J connectivity index is 1.82. The number of aromatic nitrogens is 1. The van der Waals surface area contributed by atoms with E-state index in [-0.39, 0.29) is 12.4 Å². The third kappa shape index (κ3) is 6.93. The molecule has 1 amide bonds. The molecule has 5 nitrogen and oxygen atoms in total. The van der Waals surface area contributed by atoms with Crippen LogP contribution < -0.4 is 0 Å². The van der Waals surface area contributed by atoms with Gasteiger partial charge in [0, 0.05) is 25.0 Å². The summed E-state index contributed by atoms with van der Waals surface area (Å²) in [6, 6.07) is 14.5. The van der Waals surface area contributed by atoms with Crippen molar-refractivity contribution >= 4 is 29.6 Å². The number of methoxy groups -OCH3 is 1. The zero-order chi connectivity index (χ0) is 25.4. The lowest BCUT2D eigenvalue weighted by atomic mass is 10.0. The molecule has 1 aromatic heterocycles. The van der Waals surface area contributed by atoms with Crippen LogP contribution in [0.4, 0.5) is 13.2 Å². The van der Waals surface area contributed by atoms with Gasteiger partial charge in [0.05, 0.1) is 18.6 Å². The van der Waals surface area contributed by atoms with Crippen LogP contribution in [0.5, 0.6) is 0 Å². The number of ether oxygens (including phenoxy) is 1. The van der Waals surface area contributed by atoms with Crippen LogP contribution in [0.2, 0.25) is 0 Å². The molecular weight excluding hydrogens is 481 g/mol. The molecule has 0 aliphatic carbocycles. The lowest BCUT2D eigenvalue weighted by molar-refractivity contribution is -0.150. The van der Waals surface area contributed by atoms with Gasteiger partial charge in [-0.1, -0.05) is 36.4 Å². The van der Waals surface area contributed by atoms with Gasteiger partial charge in [0.1, 0.15) is 6.04 Å². The molecule has 35 heavy (non-hydrogen) atoms. The second kappa shape index (κ2) is 11.7. The molecule has 0 spiro atoms. The summed E-state index contributed by atoms with van der Waals surface area (Å²) in [7, 11) is 1.20. The van der Waals surface area contributed by atoms with Crippen molar-refractivity contribution in [3.05, 3.63) is 95.8 Å². The Morgan fingerprint density at radius 1 is 1.00 bits per heavy atom. The van der Waals surface area contributed by atoms with E-state index < -0.39 is 29.7 Å². The summed E-state index contributed by atoms with van der Waals surface area (Å²) < 4.78 is 43.1. The summed E-state index contributed by atoms with van der Waals surface area (Å²) in [6.45, 7) is 0.0687. The highest BCUT2D eigenvalue weighted by molar-refractivity contribution is 6.20. The highest BCUT2D eigenvalue weighted by Crippen LogP contribution is 2.29. The fraction of sp³-hybridized carbons (Fsp3) is 0.192. The van der Waals surface area contributed by atoms with Crippen LogP contribution in [0.1, 0.15) is 16.7 Å². The predicted molar refractivity (Wildman–Crippen MR) is 127 cm³/mol. The summed E-state index contributed by atoms with van der Waals surface area (Å²) in [5, 5.41) is 0. The number of pyridine rings is 1. The zero-order valence-corrected chi connectivity index (χ0v) is 19.5. The average Bonchev–Trinajstić information content (AvgIpc) is 2.87. The molecule has 0 bridgehead atoms. The van der Waals surface area contributed by atoms with Crippen molar-refractivity contribution in [1.29, 1.82) is 0 Å². The summed E-state index contributed by atoms with van der Waals surface area (Å²) in [5.74, 6) is -1.41. The number of hydrogen-bond acceptors (Lipinski definition) is 4. The number of alkyl halides is 4. The molecule has 1 unspecified atom stereocenters. The first-order chi connectivity index (χ1) is 16.7. The first-order valence-electron chi connectivity index (χ1n) is 10.5. The maximum absolute atomic E-state index is 13.0. The molecule has 9 heteroatoms. The van der Waals surface area contributed by atoms with E-state index in [0.717, 1.165) is 28.8 Å². The molecule has 182 valence electrons. The Labute approximate surface area is 205 Å². The van der Waals surface area contributed by atoms with Crippen LogP contribution >= 0.6 is 11.6 Å². The van der Waals surface area contributed by atoms with Crippen LogP contribution in [0.25, 0.3) is 17.2 Å². The van der Waals surface area contributed by atoms with Crippen molar-refractivity contribution in [2.75, 3.05) is 13.0 Å². The predicted octanol–water partition coefficient (Wildman–Crippen LogP) is 5.59. The largest absolute Gasteiger partial charge is 0.467 e. The Kier molecular flexibility index (Phi) is 8.65. The van der Waals surface area contributed by atoms with Crippen LogP contribution in [0.15, 0.2) is 79.1 Å². The quantitative estimate of drug-likeness (QED) is 0.229. The highest BCUT2D eigenvalue weighted by Gasteiger charge is 2.30. The molecule has 0 aliphatic heterocycles. The number of amides is 1. The highest BCUT2D eigenvalue weighted by atomic mass is 35.5. The SMILES string of the molecule is COC(=O)C(CCl)N(Cc1ccc(-c2ccncc2)cc1)C(=O)C=Cc1ccc(C(F)(F)F)cc1. The van der Waals surface area contributed by atoms with Crippen LogP contribution in [0.3, 0.4) is 0 Å². The third-order valence-electron chi connectivity index (χ3n) is 5.26. The minimum absolute atomic E-state index is 0.0687. The minimum Gasteiger partial charge on any atom is -0.467 e. The molecule has 0 aliphatic rings. The van der Waals surface area contributed by atoms with Crippen molar-refractivity contribution in [2.24, 2.45) is 0 Å². The van der Waals surface area contributed by atoms with Crippen LogP contribution in [0, 0.1) is 0 Å². The van der Waals surface area contributed by atoms with E-state index in [4.69, 9.17) is 16.3 Å². The van der Waals surface area contributed by atoms with Crippen LogP contribution in [-0.4, -0.2) is 40.8 Å². The third-order valence-corrected chi connectivity index (χ3v) is 5.55. The molecule has 1 atom stereocenters. The summed E-state index contributed by atoms with van der Waals surface area (Å²) in [6.07, 6.45) is 1.50. The molecule has 0 saturated heterocycles. The lowest BCUT2D eigenvalue weighted by Crippen LogP contribution is -2.45. The van der Waals surface area contributed by atoms with E-state index >= 15 is 0 Å². The number of carbonyl (C=O) groups excluding carboxylic acids is 2. The molecule has 3 rings (SSSR count). The van der Waals surface area contributed by atoms with Gasteiger partial charge < -0.3 is 9.64 Å². The van der Waals surface area contributed by atoms with E-state index in [9.17, 15) is 22.8 Å². The Bertz CT molecular complexity index is 1170. The van der Waals surface area contributed by atoms with Gasteiger partial charge in [-0.3, -0.25) is 9.78 Å². The molecule has 0 radical (unpaired) electrons. The number of nitrogens with zero attached hydrogens (tertiary/aromatic N) is 2. The molecule has 3 aromatic rings. The van der Waals surface area contributed by atoms with Crippen molar-refractivity contribution in [3.63, 3.8) is 0 Å². The normalized spacial score (nSPS) is 12.4. The van der Waals surface area contributed by atoms with Gasteiger partial charge in [0.15, 0.2) is 0 Å². The fourth-order valence-corrected chi connectivity index (χ4v) is 3.63. The lowest BCUT2D eigenvalue weighted by Gasteiger charge is -2.28. The van der Waals surface area contributed by atoms with Gasteiger partial charge in [-0.2, -0.15) is 13.2 Å². The second-order valence-electron chi connectivity index (χ2n) is 7.55. The monoisotopic (exact) mass is 502 g/mol. The second-order valence-corrected chi connectivity index (χ2v) is 7.85. The number of hydrogen-bond donors (Lipinski definition) is 0. The first kappa shape index (κ1) is 26.0. The van der Waals surface area contributed by atoms with Crippen molar-refractivity contribution in [3.8, 4) is 11.1 Å². The van der Waals surface area contributed by atoms with E-state index in [2.05, 4.69) is 4.98 Å². The van der Waals surface area contributed by atoms with E-state index in [1.807, 2.05) is 36.4 Å². The number of esters is 1. The van der Waals surface area contributed by atoms with Crippen molar-refractivity contribution in [1.82, 2.24) is 9.88 Å². The Hall–Kier alpha value is -3.65. The summed E-state index contributed by atoms with van der Waals surface area (Å²) in [4.78, 5) is 30.6. The maximum atomic E-state index is 13.0. The molecular formula is C26H22ClF3N2O3. The summed E-state index contributed by atoms with van der Waals surface area (Å²) in [5.41, 5.74) is 2.29. The van der Waals surface area contributed by atoms with Gasteiger partial charge in [0.25, 0.3) is 0 Å². The molecule has 0 fully saturated rings. The number of carbonyl (C=O) groups is 2. The topological polar surface area (TPSA) is 59.5 Å². The van der Waals surface area contributed by atoms with Crippen LogP contribution in [-0.2, 0) is 27.0 Å². The van der Waals surface area contributed by atoms with E-state index in [1.165, 1.54) is 36.3 Å². The fourth-order valence-electron chi connectivity index (χ4n) is 3.34. The van der Waals surface area contributed by atoms with Gasteiger partial charge in [-0.05, 0) is 52.6 Å². The standard InChI is InChI=1S/C26H22ClF3N2O3/c1-35-25(34)23(16-27)32(17-19-2-7-20(8-3-19)21-12-14-31-15-13-21)24(33)11-6-18-4-9-22(10-5-18)26(28,29)30/h2-15,23H,16-17H2,1H3. The number of rotatable bonds is 8. The van der Waals surface area contributed by atoms with Gasteiger partial charge in [-0.15, -0.1) is 11.6 Å². The zero-order valence-electron chi connectivity index (χ0n) is 18.7. The maximum Gasteiger partial charge on any atom is 0.416 e. The average molecular weight is 503 g/mol. The Morgan fingerprint density at radius 2 is 1.60 bits per heavy atom. The first-order valence-corrected chi connectivity index (χ1v) is 11.1. The van der Waals surface area contributed by atoms with E-state index in [0.29, 0.717) is 5.56 Å².